The molecule has 0 bridgehead atoms. The van der Waals surface area contributed by atoms with Crippen molar-refractivity contribution in [3.05, 3.63) is 60.1 Å². The summed E-state index contributed by atoms with van der Waals surface area (Å²) in [5.74, 6) is 0.685. The van der Waals surface area contributed by atoms with Gasteiger partial charge >= 0.3 is 6.03 Å². The summed E-state index contributed by atoms with van der Waals surface area (Å²) in [6, 6.07) is 13.9. The molecule has 1 aliphatic carbocycles. The Morgan fingerprint density at radius 3 is 2.50 bits per heavy atom. The van der Waals surface area contributed by atoms with Gasteiger partial charge in [0.2, 0.25) is 5.91 Å². The Morgan fingerprint density at radius 2 is 1.84 bits per heavy atom. The van der Waals surface area contributed by atoms with Gasteiger partial charge in [0.1, 0.15) is 12.3 Å². The average molecular weight is 440 g/mol. The van der Waals surface area contributed by atoms with Crippen LogP contribution in [0.1, 0.15) is 63.7 Å². The maximum Gasteiger partial charge on any atom is 0.318 e. The van der Waals surface area contributed by atoms with E-state index < -0.39 is 0 Å². The van der Waals surface area contributed by atoms with E-state index in [1.165, 1.54) is 12.0 Å². The van der Waals surface area contributed by atoms with Crippen LogP contribution in [-0.4, -0.2) is 46.9 Å². The van der Waals surface area contributed by atoms with Gasteiger partial charge in [0.05, 0.1) is 12.8 Å². The van der Waals surface area contributed by atoms with E-state index in [-0.39, 0.29) is 30.6 Å². The van der Waals surface area contributed by atoms with Gasteiger partial charge in [-0.2, -0.15) is 0 Å². The molecule has 1 fully saturated rings. The van der Waals surface area contributed by atoms with Gasteiger partial charge in [-0.1, -0.05) is 56.5 Å². The number of urea groups is 1. The Bertz CT molecular complexity index is 816. The molecule has 3 rings (SSSR count). The summed E-state index contributed by atoms with van der Waals surface area (Å²) < 4.78 is 5.50. The number of amides is 3. The van der Waals surface area contributed by atoms with Gasteiger partial charge in [-0.25, -0.2) is 4.79 Å². The van der Waals surface area contributed by atoms with E-state index in [1.807, 2.05) is 44.2 Å². The molecule has 1 atom stereocenters. The highest BCUT2D eigenvalue weighted by Crippen LogP contribution is 2.18. The van der Waals surface area contributed by atoms with E-state index in [9.17, 15) is 9.59 Å². The van der Waals surface area contributed by atoms with Gasteiger partial charge in [-0.3, -0.25) is 4.79 Å². The predicted molar refractivity (Wildman–Crippen MR) is 126 cm³/mol. The van der Waals surface area contributed by atoms with E-state index in [1.54, 1.807) is 16.1 Å². The number of hydrogen-bond acceptors (Lipinski definition) is 3. The van der Waals surface area contributed by atoms with Crippen molar-refractivity contribution in [1.29, 1.82) is 0 Å². The number of nitrogens with zero attached hydrogens (tertiary/aromatic N) is 2. The number of rotatable bonds is 10. The lowest BCUT2D eigenvalue weighted by molar-refractivity contribution is -0.133. The first kappa shape index (κ1) is 23.9. The van der Waals surface area contributed by atoms with Gasteiger partial charge in [-0.15, -0.1) is 0 Å². The largest absolute Gasteiger partial charge is 0.467 e. The fourth-order valence-corrected chi connectivity index (χ4v) is 4.19. The van der Waals surface area contributed by atoms with Crippen LogP contribution in [0.4, 0.5) is 4.79 Å². The van der Waals surface area contributed by atoms with Crippen molar-refractivity contribution < 1.29 is 14.0 Å². The first-order chi connectivity index (χ1) is 15.6. The van der Waals surface area contributed by atoms with Crippen molar-refractivity contribution in [2.75, 3.05) is 13.1 Å². The van der Waals surface area contributed by atoms with Crippen LogP contribution in [0, 0.1) is 0 Å². The van der Waals surface area contributed by atoms with Crippen LogP contribution in [0.5, 0.6) is 0 Å². The molecular formula is C26H37N3O3. The zero-order valence-electron chi connectivity index (χ0n) is 19.5. The summed E-state index contributed by atoms with van der Waals surface area (Å²) in [5.41, 5.74) is 1.18. The van der Waals surface area contributed by atoms with Crippen LogP contribution in [0.3, 0.4) is 0 Å². The predicted octanol–water partition coefficient (Wildman–Crippen LogP) is 4.99. The molecule has 2 aromatic rings. The molecule has 3 amide bonds. The van der Waals surface area contributed by atoms with E-state index in [0.29, 0.717) is 13.1 Å². The number of furan rings is 1. The van der Waals surface area contributed by atoms with E-state index in [0.717, 1.165) is 44.3 Å². The molecule has 1 N–H and O–H groups in total. The van der Waals surface area contributed by atoms with Crippen molar-refractivity contribution in [3.8, 4) is 0 Å². The zero-order valence-corrected chi connectivity index (χ0v) is 19.5. The Balaban J connectivity index is 1.67. The Morgan fingerprint density at radius 1 is 1.09 bits per heavy atom. The number of nitrogens with one attached hydrogen (secondary N) is 1. The summed E-state index contributed by atoms with van der Waals surface area (Å²) >= 11 is 0. The summed E-state index contributed by atoms with van der Waals surface area (Å²) in [7, 11) is 0. The molecule has 0 radical (unpaired) electrons. The number of carbonyl (C=O) groups excluding carboxylic acids is 2. The third-order valence-electron chi connectivity index (χ3n) is 6.41. The molecular weight excluding hydrogens is 402 g/mol. The highest BCUT2D eigenvalue weighted by atomic mass is 16.3. The second-order valence-electron chi connectivity index (χ2n) is 8.80. The molecule has 1 aromatic carbocycles. The van der Waals surface area contributed by atoms with E-state index in [2.05, 4.69) is 17.4 Å². The molecule has 1 aliphatic rings. The minimum absolute atomic E-state index is 0.0119. The zero-order chi connectivity index (χ0) is 22.8. The number of carbonyl (C=O) groups is 2. The van der Waals surface area contributed by atoms with Crippen LogP contribution in [0.15, 0.2) is 53.1 Å². The normalized spacial score (nSPS) is 15.2. The topological polar surface area (TPSA) is 65.8 Å². The Hall–Kier alpha value is -2.76. The molecule has 6 heteroatoms. The fourth-order valence-electron chi connectivity index (χ4n) is 4.19. The van der Waals surface area contributed by atoms with Gasteiger partial charge < -0.3 is 19.5 Å². The summed E-state index contributed by atoms with van der Waals surface area (Å²) in [5, 5.41) is 3.18. The lowest BCUT2D eigenvalue weighted by atomic mass is 9.96. The molecule has 1 saturated carbocycles. The molecule has 32 heavy (non-hydrogen) atoms. The van der Waals surface area contributed by atoms with Crippen molar-refractivity contribution >= 4 is 11.9 Å². The molecule has 0 spiro atoms. The second kappa shape index (κ2) is 12.3. The minimum Gasteiger partial charge on any atom is -0.467 e. The summed E-state index contributed by atoms with van der Waals surface area (Å²) in [4.78, 5) is 30.0. The monoisotopic (exact) mass is 439 g/mol. The summed E-state index contributed by atoms with van der Waals surface area (Å²) in [6.45, 7) is 5.10. The highest BCUT2D eigenvalue weighted by molar-refractivity contribution is 5.84. The van der Waals surface area contributed by atoms with Crippen LogP contribution in [0.2, 0.25) is 0 Å². The quantitative estimate of drug-likeness (QED) is 0.567. The molecule has 1 aromatic heterocycles. The van der Waals surface area contributed by atoms with E-state index in [4.69, 9.17) is 4.42 Å². The first-order valence-electron chi connectivity index (χ1n) is 12.0. The molecule has 174 valence electrons. The van der Waals surface area contributed by atoms with Crippen molar-refractivity contribution in [2.24, 2.45) is 0 Å². The number of hydrogen-bond donors (Lipinski definition) is 1. The van der Waals surface area contributed by atoms with Crippen LogP contribution in [-0.2, 0) is 17.8 Å². The Labute approximate surface area is 192 Å². The lowest BCUT2D eigenvalue weighted by Gasteiger charge is -2.33. The average Bonchev–Trinajstić information content (AvgIpc) is 3.34. The SMILES string of the molecule is CCC(C)N(CC(=O)N(CCc1ccccc1)Cc1ccco1)C(=O)NC1CCCCC1. The fraction of sp³-hybridized carbons (Fsp3) is 0.538. The third-order valence-corrected chi connectivity index (χ3v) is 6.41. The summed E-state index contributed by atoms with van der Waals surface area (Å²) in [6.07, 6.45) is 8.78. The van der Waals surface area contributed by atoms with Crippen LogP contribution in [0.25, 0.3) is 0 Å². The Kier molecular flexibility index (Phi) is 9.20. The smallest absolute Gasteiger partial charge is 0.318 e. The highest BCUT2D eigenvalue weighted by Gasteiger charge is 2.27. The third kappa shape index (κ3) is 7.14. The first-order valence-corrected chi connectivity index (χ1v) is 12.0. The van der Waals surface area contributed by atoms with Crippen molar-refractivity contribution in [2.45, 2.75) is 77.4 Å². The molecule has 0 aliphatic heterocycles. The maximum absolute atomic E-state index is 13.4. The minimum atomic E-state index is -0.124. The number of benzene rings is 1. The molecule has 0 saturated heterocycles. The van der Waals surface area contributed by atoms with Gasteiger partial charge in [-0.05, 0) is 50.3 Å². The molecule has 1 heterocycles. The standard InChI is InChI=1S/C26H37N3O3/c1-3-21(2)29(26(31)27-23-13-8-5-9-14-23)20-25(30)28(19-24-15-10-18-32-24)17-16-22-11-6-4-7-12-22/h4,6-7,10-12,15,18,21,23H,3,5,8-9,13-14,16-17,19-20H2,1-2H3,(H,27,31). The second-order valence-corrected chi connectivity index (χ2v) is 8.80. The van der Waals surface area contributed by atoms with Crippen LogP contribution >= 0.6 is 0 Å². The molecule has 1 unspecified atom stereocenters. The van der Waals surface area contributed by atoms with Crippen molar-refractivity contribution in [1.82, 2.24) is 15.1 Å². The lowest BCUT2D eigenvalue weighted by Crippen LogP contribution is -2.52. The van der Waals surface area contributed by atoms with Crippen LogP contribution < -0.4 is 5.32 Å². The molecule has 6 nitrogen and oxygen atoms in total. The van der Waals surface area contributed by atoms with Gasteiger partial charge in [0.15, 0.2) is 0 Å². The van der Waals surface area contributed by atoms with E-state index >= 15 is 0 Å². The van der Waals surface area contributed by atoms with Gasteiger partial charge in [0.25, 0.3) is 0 Å². The van der Waals surface area contributed by atoms with Crippen molar-refractivity contribution in [3.63, 3.8) is 0 Å². The maximum atomic E-state index is 13.4. The van der Waals surface area contributed by atoms with Gasteiger partial charge in [0, 0.05) is 18.6 Å².